The maximum absolute atomic E-state index is 5.89. The summed E-state index contributed by atoms with van der Waals surface area (Å²) in [5, 5.41) is 0.856. The smallest absolute Gasteiger partial charge is 0.0435 e. The molecule has 1 aromatic carbocycles. The molecule has 0 aliphatic heterocycles. The van der Waals surface area contributed by atoms with Gasteiger partial charge in [-0.05, 0) is 30.0 Å². The molecule has 0 spiro atoms. The summed E-state index contributed by atoms with van der Waals surface area (Å²) in [6, 6.07) is 6.19. The quantitative estimate of drug-likeness (QED) is 0.608. The van der Waals surface area contributed by atoms with Gasteiger partial charge in [0.1, 0.15) is 0 Å². The SMILES string of the molecule is CC.Cc1cc(C(C)C)ccc1Cl. The lowest BCUT2D eigenvalue weighted by Gasteiger charge is -2.06. The molecule has 0 bridgehead atoms. The first kappa shape index (κ1) is 12.5. The van der Waals surface area contributed by atoms with Crippen molar-refractivity contribution in [3.05, 3.63) is 34.3 Å². The van der Waals surface area contributed by atoms with Crippen LogP contribution in [0, 0.1) is 6.92 Å². The summed E-state index contributed by atoms with van der Waals surface area (Å²) in [4.78, 5) is 0. The van der Waals surface area contributed by atoms with Gasteiger partial charge >= 0.3 is 0 Å². The highest BCUT2D eigenvalue weighted by molar-refractivity contribution is 6.31. The lowest BCUT2D eigenvalue weighted by atomic mass is 10.0. The molecule has 0 atom stereocenters. The van der Waals surface area contributed by atoms with Crippen LogP contribution in [0.1, 0.15) is 44.7 Å². The fourth-order valence-corrected chi connectivity index (χ4v) is 1.14. The Balaban J connectivity index is 0.000000671. The van der Waals surface area contributed by atoms with Crippen LogP contribution in [0.5, 0.6) is 0 Å². The van der Waals surface area contributed by atoms with Gasteiger partial charge in [-0.2, -0.15) is 0 Å². The Morgan fingerprint density at radius 3 is 2.08 bits per heavy atom. The van der Waals surface area contributed by atoms with Crippen molar-refractivity contribution in [1.82, 2.24) is 0 Å². The van der Waals surface area contributed by atoms with E-state index < -0.39 is 0 Å². The molecule has 13 heavy (non-hydrogen) atoms. The lowest BCUT2D eigenvalue weighted by Crippen LogP contribution is -1.87. The Hall–Kier alpha value is -0.490. The molecule has 0 aliphatic rings. The monoisotopic (exact) mass is 198 g/mol. The highest BCUT2D eigenvalue weighted by Gasteiger charge is 2.00. The van der Waals surface area contributed by atoms with Crippen LogP contribution in [-0.2, 0) is 0 Å². The molecule has 74 valence electrons. The van der Waals surface area contributed by atoms with E-state index in [1.165, 1.54) is 5.56 Å². The van der Waals surface area contributed by atoms with Crippen molar-refractivity contribution in [2.75, 3.05) is 0 Å². The van der Waals surface area contributed by atoms with Gasteiger partial charge in [-0.1, -0.05) is 51.4 Å². The van der Waals surface area contributed by atoms with Gasteiger partial charge in [0.25, 0.3) is 0 Å². The second kappa shape index (κ2) is 6.04. The van der Waals surface area contributed by atoms with Crippen molar-refractivity contribution >= 4 is 11.6 Å². The molecule has 0 aliphatic carbocycles. The highest BCUT2D eigenvalue weighted by atomic mass is 35.5. The van der Waals surface area contributed by atoms with E-state index in [0.717, 1.165) is 10.6 Å². The van der Waals surface area contributed by atoms with Gasteiger partial charge in [0.05, 0.1) is 0 Å². The Labute approximate surface area is 86.9 Å². The maximum atomic E-state index is 5.89. The predicted molar refractivity (Wildman–Crippen MR) is 61.6 cm³/mol. The minimum atomic E-state index is 0.589. The van der Waals surface area contributed by atoms with Crippen LogP contribution >= 0.6 is 11.6 Å². The first-order valence-corrected chi connectivity index (χ1v) is 5.25. The summed E-state index contributed by atoms with van der Waals surface area (Å²) < 4.78 is 0. The van der Waals surface area contributed by atoms with Crippen LogP contribution in [0.2, 0.25) is 5.02 Å². The summed E-state index contributed by atoms with van der Waals surface area (Å²) in [6.07, 6.45) is 0. The van der Waals surface area contributed by atoms with Crippen molar-refractivity contribution in [1.29, 1.82) is 0 Å². The zero-order chi connectivity index (χ0) is 10.4. The molecule has 0 saturated carbocycles. The number of hydrogen-bond acceptors (Lipinski definition) is 0. The fourth-order valence-electron chi connectivity index (χ4n) is 1.03. The second-order valence-electron chi connectivity index (χ2n) is 3.16. The normalized spacial score (nSPS) is 9.46. The van der Waals surface area contributed by atoms with E-state index in [1.807, 2.05) is 26.8 Å². The van der Waals surface area contributed by atoms with E-state index in [-0.39, 0.29) is 0 Å². The molecule has 0 aromatic heterocycles. The van der Waals surface area contributed by atoms with Crippen LogP contribution in [0.3, 0.4) is 0 Å². The summed E-state index contributed by atoms with van der Waals surface area (Å²) in [5.41, 5.74) is 2.52. The van der Waals surface area contributed by atoms with E-state index >= 15 is 0 Å². The standard InChI is InChI=1S/C10H13Cl.C2H6/c1-7(2)9-4-5-10(11)8(3)6-9;1-2/h4-7H,1-3H3;1-2H3. The third kappa shape index (κ3) is 3.82. The number of hydrogen-bond donors (Lipinski definition) is 0. The Kier molecular flexibility index (Phi) is 5.81. The molecule has 0 unspecified atom stereocenters. The van der Waals surface area contributed by atoms with Crippen LogP contribution in [0.4, 0.5) is 0 Å². The predicted octanol–water partition coefficient (Wildman–Crippen LogP) is 4.80. The molecular weight excluding hydrogens is 180 g/mol. The van der Waals surface area contributed by atoms with Crippen LogP contribution in [-0.4, -0.2) is 0 Å². The van der Waals surface area contributed by atoms with E-state index in [9.17, 15) is 0 Å². The lowest BCUT2D eigenvalue weighted by molar-refractivity contribution is 0.865. The van der Waals surface area contributed by atoms with Crippen molar-refractivity contribution < 1.29 is 0 Å². The zero-order valence-electron chi connectivity index (χ0n) is 9.19. The summed E-state index contributed by atoms with van der Waals surface area (Å²) in [5.74, 6) is 0.589. The molecule has 0 saturated heterocycles. The zero-order valence-corrected chi connectivity index (χ0v) is 9.94. The summed E-state index contributed by atoms with van der Waals surface area (Å²) in [7, 11) is 0. The van der Waals surface area contributed by atoms with E-state index in [2.05, 4.69) is 26.0 Å². The molecule has 1 rings (SSSR count). The molecule has 0 amide bonds. The topological polar surface area (TPSA) is 0 Å². The molecular formula is C12H19Cl. The average molecular weight is 199 g/mol. The Bertz CT molecular complexity index is 251. The number of halogens is 1. The van der Waals surface area contributed by atoms with Gasteiger partial charge in [0.2, 0.25) is 0 Å². The van der Waals surface area contributed by atoms with Gasteiger partial charge in [-0.15, -0.1) is 0 Å². The van der Waals surface area contributed by atoms with Gasteiger partial charge in [0.15, 0.2) is 0 Å². The van der Waals surface area contributed by atoms with Gasteiger partial charge < -0.3 is 0 Å². The molecule has 1 aromatic rings. The van der Waals surface area contributed by atoms with E-state index in [0.29, 0.717) is 5.92 Å². The average Bonchev–Trinajstić information content (AvgIpc) is 2.13. The molecule has 0 fully saturated rings. The van der Waals surface area contributed by atoms with Crippen molar-refractivity contribution in [3.8, 4) is 0 Å². The number of aryl methyl sites for hydroxylation is 1. The van der Waals surface area contributed by atoms with Crippen molar-refractivity contribution in [3.63, 3.8) is 0 Å². The highest BCUT2D eigenvalue weighted by Crippen LogP contribution is 2.21. The fraction of sp³-hybridized carbons (Fsp3) is 0.500. The Morgan fingerprint density at radius 2 is 1.69 bits per heavy atom. The summed E-state index contributed by atoms with van der Waals surface area (Å²) in [6.45, 7) is 10.4. The van der Waals surface area contributed by atoms with Crippen LogP contribution in [0.25, 0.3) is 0 Å². The second-order valence-corrected chi connectivity index (χ2v) is 3.57. The van der Waals surface area contributed by atoms with Gasteiger partial charge in [0, 0.05) is 5.02 Å². The first-order chi connectivity index (χ1) is 6.11. The van der Waals surface area contributed by atoms with Gasteiger partial charge in [-0.3, -0.25) is 0 Å². The van der Waals surface area contributed by atoms with E-state index in [1.54, 1.807) is 0 Å². The largest absolute Gasteiger partial charge is 0.0841 e. The summed E-state index contributed by atoms with van der Waals surface area (Å²) >= 11 is 5.89. The maximum Gasteiger partial charge on any atom is 0.0435 e. The van der Waals surface area contributed by atoms with Crippen LogP contribution < -0.4 is 0 Å². The minimum Gasteiger partial charge on any atom is -0.0841 e. The molecule has 1 heteroatoms. The van der Waals surface area contributed by atoms with E-state index in [4.69, 9.17) is 11.6 Å². The Morgan fingerprint density at radius 1 is 1.15 bits per heavy atom. The number of benzene rings is 1. The molecule has 0 radical (unpaired) electrons. The first-order valence-electron chi connectivity index (χ1n) is 4.87. The minimum absolute atomic E-state index is 0.589. The molecule has 0 N–H and O–H groups in total. The third-order valence-corrected chi connectivity index (χ3v) is 2.27. The number of rotatable bonds is 1. The van der Waals surface area contributed by atoms with Crippen LogP contribution in [0.15, 0.2) is 18.2 Å². The van der Waals surface area contributed by atoms with Gasteiger partial charge in [-0.25, -0.2) is 0 Å². The van der Waals surface area contributed by atoms with Crippen molar-refractivity contribution in [2.45, 2.75) is 40.5 Å². The van der Waals surface area contributed by atoms with Crippen molar-refractivity contribution in [2.24, 2.45) is 0 Å². The molecule has 0 heterocycles. The third-order valence-electron chi connectivity index (χ3n) is 1.85. The molecule has 0 nitrogen and oxygen atoms in total.